The molecule has 3 fully saturated rings. The topological polar surface area (TPSA) is 72.5 Å². The van der Waals surface area contributed by atoms with Gasteiger partial charge < -0.3 is 9.47 Å². The van der Waals surface area contributed by atoms with E-state index in [9.17, 15) is 10.5 Å². The summed E-state index contributed by atoms with van der Waals surface area (Å²) in [5.74, 6) is -0.360. The van der Waals surface area contributed by atoms with E-state index in [1.807, 2.05) is 60.7 Å². The van der Waals surface area contributed by atoms with Crippen LogP contribution in [0.4, 0.5) is 0 Å². The number of ether oxygens (including phenoxy) is 2. The van der Waals surface area contributed by atoms with Gasteiger partial charge in [-0.25, -0.2) is 0 Å². The van der Waals surface area contributed by atoms with Crippen LogP contribution in [-0.4, -0.2) is 62.4 Å². The molecule has 1 aliphatic carbocycles. The number of hydrogen-bond donors (Lipinski definition) is 0. The Morgan fingerprint density at radius 3 is 1.35 bits per heavy atom. The second-order valence-corrected chi connectivity index (χ2v) is 9.22. The summed E-state index contributed by atoms with van der Waals surface area (Å²) in [6.07, 6.45) is 0. The standard InChI is InChI=1S/C28H30N4O2/c1-22-25(27(20-29,23-8-4-2-5-9-23)31-12-16-33-17-13-31)26(22)28(21-30,24-10-6-3-7-11-24)32-14-18-34-19-15-32/h2-11,25-26H,1,12-19H2. The summed E-state index contributed by atoms with van der Waals surface area (Å²) in [5, 5.41) is 21.7. The Labute approximate surface area is 201 Å². The molecule has 1 saturated carbocycles. The molecule has 2 heterocycles. The molecule has 4 atom stereocenters. The summed E-state index contributed by atoms with van der Waals surface area (Å²) < 4.78 is 11.3. The molecule has 0 bridgehead atoms. The number of nitriles is 2. The van der Waals surface area contributed by atoms with Crippen molar-refractivity contribution in [3.8, 4) is 12.1 Å². The highest BCUT2D eigenvalue weighted by Gasteiger charge is 2.68. The zero-order valence-electron chi connectivity index (χ0n) is 19.4. The van der Waals surface area contributed by atoms with Gasteiger partial charge in [-0.15, -0.1) is 0 Å². The molecule has 6 heteroatoms. The van der Waals surface area contributed by atoms with Crippen LogP contribution >= 0.6 is 0 Å². The minimum Gasteiger partial charge on any atom is -0.379 e. The maximum Gasteiger partial charge on any atom is 0.142 e. The Morgan fingerprint density at radius 1 is 0.676 bits per heavy atom. The highest BCUT2D eigenvalue weighted by Crippen LogP contribution is 2.65. The summed E-state index contributed by atoms with van der Waals surface area (Å²) >= 11 is 0. The fourth-order valence-corrected chi connectivity index (χ4v) is 6.08. The zero-order valence-corrected chi connectivity index (χ0v) is 19.4. The minimum atomic E-state index is -0.907. The molecule has 34 heavy (non-hydrogen) atoms. The predicted octanol–water partition coefficient (Wildman–Crippen LogP) is 3.29. The second kappa shape index (κ2) is 9.33. The van der Waals surface area contributed by atoms with E-state index < -0.39 is 11.1 Å². The first kappa shape index (κ1) is 22.8. The van der Waals surface area contributed by atoms with Crippen LogP contribution in [0.25, 0.3) is 0 Å². The minimum absolute atomic E-state index is 0.180. The molecule has 2 aliphatic heterocycles. The predicted molar refractivity (Wildman–Crippen MR) is 128 cm³/mol. The van der Waals surface area contributed by atoms with Gasteiger partial charge in [0.2, 0.25) is 0 Å². The van der Waals surface area contributed by atoms with Crippen molar-refractivity contribution >= 4 is 0 Å². The highest BCUT2D eigenvalue weighted by molar-refractivity contribution is 5.52. The molecule has 6 nitrogen and oxygen atoms in total. The third-order valence-corrected chi connectivity index (χ3v) is 7.71. The van der Waals surface area contributed by atoms with E-state index in [2.05, 4.69) is 28.5 Å². The molecule has 4 unspecified atom stereocenters. The van der Waals surface area contributed by atoms with E-state index in [-0.39, 0.29) is 11.8 Å². The Kier molecular flexibility index (Phi) is 6.25. The first-order chi connectivity index (χ1) is 16.7. The number of hydrogen-bond acceptors (Lipinski definition) is 6. The van der Waals surface area contributed by atoms with Crippen LogP contribution in [-0.2, 0) is 20.6 Å². The van der Waals surface area contributed by atoms with E-state index >= 15 is 0 Å². The van der Waals surface area contributed by atoms with E-state index in [1.54, 1.807) is 0 Å². The molecular formula is C28H30N4O2. The van der Waals surface area contributed by atoms with Gasteiger partial charge >= 0.3 is 0 Å². The summed E-state index contributed by atoms with van der Waals surface area (Å²) in [6.45, 7) is 9.51. The molecular weight excluding hydrogens is 424 g/mol. The van der Waals surface area contributed by atoms with Gasteiger partial charge in [-0.05, 0) is 11.1 Å². The van der Waals surface area contributed by atoms with Crippen LogP contribution in [0.1, 0.15) is 11.1 Å². The number of benzene rings is 2. The van der Waals surface area contributed by atoms with Gasteiger partial charge in [0, 0.05) is 38.0 Å². The summed E-state index contributed by atoms with van der Waals surface area (Å²) in [4.78, 5) is 4.49. The van der Waals surface area contributed by atoms with Crippen LogP contribution in [0.15, 0.2) is 72.8 Å². The lowest BCUT2D eigenvalue weighted by Gasteiger charge is -2.45. The molecule has 0 N–H and O–H groups in total. The molecule has 0 radical (unpaired) electrons. The fraction of sp³-hybridized carbons (Fsp3) is 0.429. The van der Waals surface area contributed by atoms with Gasteiger partial charge in [-0.3, -0.25) is 9.80 Å². The number of rotatable bonds is 6. The molecule has 174 valence electrons. The molecule has 2 aromatic carbocycles. The smallest absolute Gasteiger partial charge is 0.142 e. The van der Waals surface area contributed by atoms with Gasteiger partial charge in [-0.2, -0.15) is 10.5 Å². The van der Waals surface area contributed by atoms with Crippen molar-refractivity contribution in [1.82, 2.24) is 9.80 Å². The maximum absolute atomic E-state index is 10.9. The van der Waals surface area contributed by atoms with E-state index in [0.29, 0.717) is 52.6 Å². The lowest BCUT2D eigenvalue weighted by atomic mass is 9.77. The van der Waals surface area contributed by atoms with Crippen LogP contribution in [0.5, 0.6) is 0 Å². The third kappa shape index (κ3) is 3.47. The Balaban J connectivity index is 1.65. The first-order valence-corrected chi connectivity index (χ1v) is 12.0. The van der Waals surface area contributed by atoms with Crippen molar-refractivity contribution in [2.75, 3.05) is 52.6 Å². The van der Waals surface area contributed by atoms with Crippen LogP contribution in [0.2, 0.25) is 0 Å². The van der Waals surface area contributed by atoms with Crippen molar-refractivity contribution in [3.63, 3.8) is 0 Å². The summed E-state index contributed by atoms with van der Waals surface area (Å²) in [5.41, 5.74) is 1.06. The first-order valence-electron chi connectivity index (χ1n) is 12.0. The molecule has 3 aliphatic rings. The molecule has 2 saturated heterocycles. The molecule has 0 amide bonds. The van der Waals surface area contributed by atoms with E-state index in [0.717, 1.165) is 16.7 Å². The lowest BCUT2D eigenvalue weighted by Crippen LogP contribution is -2.55. The highest BCUT2D eigenvalue weighted by atomic mass is 16.5. The van der Waals surface area contributed by atoms with E-state index in [1.165, 1.54) is 0 Å². The molecule has 0 spiro atoms. The average molecular weight is 455 g/mol. The van der Waals surface area contributed by atoms with Crippen molar-refractivity contribution in [3.05, 3.63) is 83.9 Å². The fourth-order valence-electron chi connectivity index (χ4n) is 6.08. The Bertz CT molecular complexity index is 1010. The van der Waals surface area contributed by atoms with Crippen molar-refractivity contribution < 1.29 is 9.47 Å². The van der Waals surface area contributed by atoms with E-state index in [4.69, 9.17) is 9.47 Å². The maximum atomic E-state index is 10.9. The number of nitrogens with zero attached hydrogens (tertiary/aromatic N) is 4. The Hall–Kier alpha value is -3.00. The third-order valence-electron chi connectivity index (χ3n) is 7.71. The van der Waals surface area contributed by atoms with Gasteiger partial charge in [-0.1, -0.05) is 72.8 Å². The molecule has 0 aromatic heterocycles. The number of morpholine rings is 2. The molecule has 2 aromatic rings. The van der Waals surface area contributed by atoms with Gasteiger partial charge in [0.15, 0.2) is 0 Å². The van der Waals surface area contributed by atoms with Crippen molar-refractivity contribution in [2.45, 2.75) is 11.1 Å². The largest absolute Gasteiger partial charge is 0.379 e. The van der Waals surface area contributed by atoms with Crippen molar-refractivity contribution in [2.24, 2.45) is 11.8 Å². The zero-order chi connectivity index (χ0) is 23.6. The second-order valence-electron chi connectivity index (χ2n) is 9.22. The van der Waals surface area contributed by atoms with Gasteiger partial charge in [0.25, 0.3) is 0 Å². The summed E-state index contributed by atoms with van der Waals surface area (Å²) in [7, 11) is 0. The van der Waals surface area contributed by atoms with Gasteiger partial charge in [0.05, 0.1) is 38.6 Å². The lowest BCUT2D eigenvalue weighted by molar-refractivity contribution is -0.0311. The van der Waals surface area contributed by atoms with Crippen LogP contribution in [0.3, 0.4) is 0 Å². The Morgan fingerprint density at radius 2 is 1.03 bits per heavy atom. The summed E-state index contributed by atoms with van der Waals surface area (Å²) in [6, 6.07) is 25.5. The van der Waals surface area contributed by atoms with Crippen LogP contribution in [0, 0.1) is 34.5 Å². The quantitative estimate of drug-likeness (QED) is 0.624. The van der Waals surface area contributed by atoms with Gasteiger partial charge in [0.1, 0.15) is 11.1 Å². The molecule has 5 rings (SSSR count). The monoisotopic (exact) mass is 454 g/mol. The normalized spacial score (nSPS) is 27.1. The average Bonchev–Trinajstić information content (AvgIpc) is 3.59. The van der Waals surface area contributed by atoms with Crippen LogP contribution < -0.4 is 0 Å². The SMILES string of the molecule is C=C1C(C(C#N)(c2ccccc2)N2CCOCC2)C1C(C#N)(c1ccccc1)N1CCOCC1. The van der Waals surface area contributed by atoms with Crippen molar-refractivity contribution in [1.29, 1.82) is 10.5 Å².